The summed E-state index contributed by atoms with van der Waals surface area (Å²) in [4.78, 5) is 86.9. The van der Waals surface area contributed by atoms with Crippen molar-refractivity contribution in [3.05, 3.63) is 102 Å². The summed E-state index contributed by atoms with van der Waals surface area (Å²) in [6.07, 6.45) is 2.98. The summed E-state index contributed by atoms with van der Waals surface area (Å²) in [7, 11) is 3.07. The molecule has 61 heavy (non-hydrogen) atoms. The SMILES string of the molecule is CN[C@@H](C)C(=O)N[C@@H](Cc1ccc(O)cc1)C(=O)N[C@H](Cc1c[nH]c2ccccc12)C(=O)N(C)[C@@H](CCCCN)C(=O)N[C@H](C(=O)N[C@@H](Cc1ccccc1)C(=O)O)C(C)C. The van der Waals surface area contributed by atoms with Crippen molar-refractivity contribution in [3.8, 4) is 5.75 Å². The van der Waals surface area contributed by atoms with Gasteiger partial charge in [0.15, 0.2) is 0 Å². The zero-order chi connectivity index (χ0) is 44.6. The molecule has 1 heterocycles. The third kappa shape index (κ3) is 13.6. The Balaban J connectivity index is 1.65. The molecule has 4 aromatic rings. The first-order chi connectivity index (χ1) is 29.1. The van der Waals surface area contributed by atoms with Crippen molar-refractivity contribution in [2.75, 3.05) is 20.6 Å². The van der Waals surface area contributed by atoms with Gasteiger partial charge >= 0.3 is 5.97 Å². The highest BCUT2D eigenvalue weighted by atomic mass is 16.4. The number of hydrogen-bond donors (Lipinski definition) is 9. The van der Waals surface area contributed by atoms with Crippen molar-refractivity contribution in [1.82, 2.24) is 36.5 Å². The largest absolute Gasteiger partial charge is 0.508 e. The zero-order valence-corrected chi connectivity index (χ0v) is 35.4. The Morgan fingerprint density at radius 1 is 0.705 bits per heavy atom. The summed E-state index contributed by atoms with van der Waals surface area (Å²) in [5.74, 6) is -4.73. The van der Waals surface area contributed by atoms with E-state index in [-0.39, 0.29) is 31.4 Å². The average Bonchev–Trinajstić information content (AvgIpc) is 3.65. The third-order valence-corrected chi connectivity index (χ3v) is 10.7. The minimum absolute atomic E-state index is 0.0118. The molecule has 10 N–H and O–H groups in total. The maximum atomic E-state index is 14.8. The molecule has 0 aliphatic carbocycles. The van der Waals surface area contributed by atoms with Crippen LogP contribution in [0.3, 0.4) is 0 Å². The van der Waals surface area contributed by atoms with Crippen molar-refractivity contribution in [2.24, 2.45) is 11.7 Å². The summed E-state index contributed by atoms with van der Waals surface area (Å²) >= 11 is 0. The fraction of sp³-hybridized carbons (Fsp3) is 0.422. The Morgan fingerprint density at radius 2 is 1.31 bits per heavy atom. The van der Waals surface area contributed by atoms with Crippen LogP contribution in [0, 0.1) is 5.92 Å². The predicted molar refractivity (Wildman–Crippen MR) is 232 cm³/mol. The molecule has 3 aromatic carbocycles. The normalized spacial score (nSPS) is 14.2. The number of carbonyl (C=O) groups excluding carboxylic acids is 5. The molecule has 6 atom stereocenters. The highest BCUT2D eigenvalue weighted by Crippen LogP contribution is 2.21. The number of nitrogens with two attached hydrogens (primary N) is 1. The number of unbranched alkanes of at least 4 members (excludes halogenated alkanes) is 1. The highest BCUT2D eigenvalue weighted by Gasteiger charge is 2.37. The van der Waals surface area contributed by atoms with Crippen LogP contribution in [0.15, 0.2) is 85.1 Å². The second kappa shape index (κ2) is 22.9. The summed E-state index contributed by atoms with van der Waals surface area (Å²) in [5.41, 5.74) is 8.69. The molecular formula is C45H60N8O8. The minimum Gasteiger partial charge on any atom is -0.508 e. The number of amides is 5. The van der Waals surface area contributed by atoms with Crippen LogP contribution in [0.25, 0.3) is 10.9 Å². The van der Waals surface area contributed by atoms with Gasteiger partial charge < -0.3 is 52.4 Å². The van der Waals surface area contributed by atoms with E-state index in [4.69, 9.17) is 5.73 Å². The van der Waals surface area contributed by atoms with Crippen molar-refractivity contribution in [2.45, 2.75) is 95.5 Å². The molecule has 0 fully saturated rings. The lowest BCUT2D eigenvalue weighted by molar-refractivity contribution is -0.144. The molecule has 4 rings (SSSR count). The number of aromatic hydroxyl groups is 1. The molecule has 0 saturated carbocycles. The predicted octanol–water partition coefficient (Wildman–Crippen LogP) is 2.15. The highest BCUT2D eigenvalue weighted by molar-refractivity contribution is 5.97. The van der Waals surface area contributed by atoms with Crippen LogP contribution in [0.1, 0.15) is 56.7 Å². The van der Waals surface area contributed by atoms with Crippen molar-refractivity contribution in [1.29, 1.82) is 0 Å². The van der Waals surface area contributed by atoms with Gasteiger partial charge in [0.25, 0.3) is 0 Å². The Bertz CT molecular complexity index is 2090. The molecule has 0 unspecified atom stereocenters. The molecule has 0 aliphatic rings. The van der Waals surface area contributed by atoms with Crippen LogP contribution in [-0.4, -0.2) is 112 Å². The Morgan fingerprint density at radius 3 is 1.95 bits per heavy atom. The van der Waals surface area contributed by atoms with Crippen LogP contribution in [0.4, 0.5) is 0 Å². The van der Waals surface area contributed by atoms with Gasteiger partial charge in [-0.3, -0.25) is 24.0 Å². The van der Waals surface area contributed by atoms with Gasteiger partial charge in [0, 0.05) is 43.4 Å². The number of carboxylic acid groups (broad SMARTS) is 1. The first kappa shape index (κ1) is 47.4. The molecule has 328 valence electrons. The quantitative estimate of drug-likeness (QED) is 0.0493. The zero-order valence-electron chi connectivity index (χ0n) is 35.4. The van der Waals surface area contributed by atoms with Gasteiger partial charge in [0.05, 0.1) is 6.04 Å². The van der Waals surface area contributed by atoms with Crippen molar-refractivity contribution in [3.63, 3.8) is 0 Å². The summed E-state index contributed by atoms with van der Waals surface area (Å²) in [6.45, 7) is 5.41. The van der Waals surface area contributed by atoms with Crippen LogP contribution >= 0.6 is 0 Å². The summed E-state index contributed by atoms with van der Waals surface area (Å²) < 4.78 is 0. The molecule has 0 radical (unpaired) electrons. The fourth-order valence-corrected chi connectivity index (χ4v) is 6.98. The lowest BCUT2D eigenvalue weighted by atomic mass is 9.98. The number of aromatic nitrogens is 1. The van der Waals surface area contributed by atoms with E-state index in [1.807, 2.05) is 24.3 Å². The monoisotopic (exact) mass is 840 g/mol. The van der Waals surface area contributed by atoms with E-state index in [9.17, 15) is 39.0 Å². The number of H-pyrrole nitrogens is 1. The van der Waals surface area contributed by atoms with Crippen LogP contribution in [0.5, 0.6) is 5.75 Å². The Labute approximate surface area is 356 Å². The lowest BCUT2D eigenvalue weighted by Gasteiger charge is -2.33. The number of carboxylic acids is 1. The number of likely N-dealkylation sites (N-methyl/N-ethyl adjacent to an activating group) is 2. The topological polar surface area (TPSA) is 248 Å². The number of hydrogen-bond acceptors (Lipinski definition) is 9. The Hall–Kier alpha value is -6.26. The average molecular weight is 841 g/mol. The number of para-hydroxylation sites is 1. The second-order valence-electron chi connectivity index (χ2n) is 15.6. The van der Waals surface area contributed by atoms with Crippen LogP contribution in [-0.2, 0) is 48.0 Å². The van der Waals surface area contributed by atoms with E-state index in [0.29, 0.717) is 30.5 Å². The van der Waals surface area contributed by atoms with Crippen LogP contribution < -0.4 is 32.3 Å². The molecule has 0 aliphatic heterocycles. The molecule has 0 bridgehead atoms. The summed E-state index contributed by atoms with van der Waals surface area (Å²) in [5, 5.41) is 34.6. The molecule has 5 amide bonds. The first-order valence-electron chi connectivity index (χ1n) is 20.6. The van der Waals surface area contributed by atoms with Gasteiger partial charge in [0.2, 0.25) is 29.5 Å². The molecular weight excluding hydrogens is 781 g/mol. The van der Waals surface area contributed by atoms with Gasteiger partial charge in [-0.2, -0.15) is 0 Å². The Kier molecular flexibility index (Phi) is 17.8. The standard InChI is InChI=1S/C45H60N8O8/c1-27(2)39(43(58)51-37(45(60)61)24-29-13-7-6-8-14-29)52-42(57)38(17-11-12-22-46)53(5)44(59)36(25-31-26-48-34-16-10-9-15-33(31)34)50-41(56)35(49-40(55)28(3)47-4)23-30-18-20-32(54)21-19-30/h6-10,13-16,18-21,26-28,35-39,47-48,54H,11-12,17,22-25,46H2,1-5H3,(H,49,55)(H,50,56)(H,51,58)(H,52,57)(H,60,61)/t28-,35-,36+,37-,38-,39-/m0/s1. The summed E-state index contributed by atoms with van der Waals surface area (Å²) in [6, 6.07) is 16.0. The van der Waals surface area contributed by atoms with E-state index in [1.54, 1.807) is 76.5 Å². The molecule has 16 nitrogen and oxygen atoms in total. The van der Waals surface area contributed by atoms with Crippen molar-refractivity contribution >= 4 is 46.4 Å². The van der Waals surface area contributed by atoms with Gasteiger partial charge in [-0.1, -0.05) is 74.5 Å². The lowest BCUT2D eigenvalue weighted by Crippen LogP contribution is -2.60. The number of phenols is 1. The maximum absolute atomic E-state index is 14.8. The first-order valence-corrected chi connectivity index (χ1v) is 20.6. The number of benzene rings is 3. The third-order valence-electron chi connectivity index (χ3n) is 10.7. The van der Waals surface area contributed by atoms with E-state index in [0.717, 1.165) is 16.5 Å². The van der Waals surface area contributed by atoms with E-state index in [1.165, 1.54) is 24.1 Å². The molecule has 0 saturated heterocycles. The number of phenolic OH excluding ortho intramolecular Hbond substituents is 1. The maximum Gasteiger partial charge on any atom is 0.326 e. The van der Waals surface area contributed by atoms with Gasteiger partial charge in [-0.25, -0.2) is 4.79 Å². The van der Waals surface area contributed by atoms with E-state index < -0.39 is 77.7 Å². The van der Waals surface area contributed by atoms with E-state index >= 15 is 0 Å². The smallest absolute Gasteiger partial charge is 0.326 e. The van der Waals surface area contributed by atoms with Gasteiger partial charge in [-0.15, -0.1) is 0 Å². The number of carbonyl (C=O) groups is 6. The number of fused-ring (bicyclic) bond motifs is 1. The molecule has 1 aromatic heterocycles. The number of nitrogens with zero attached hydrogens (tertiary/aromatic N) is 1. The molecule has 0 spiro atoms. The van der Waals surface area contributed by atoms with Gasteiger partial charge in [-0.05, 0) is 80.6 Å². The fourth-order valence-electron chi connectivity index (χ4n) is 6.98. The minimum atomic E-state index is -1.27. The number of aliphatic carboxylic acids is 1. The molecule has 16 heteroatoms. The van der Waals surface area contributed by atoms with Crippen LogP contribution in [0.2, 0.25) is 0 Å². The van der Waals surface area contributed by atoms with Gasteiger partial charge in [0.1, 0.15) is 36.0 Å². The van der Waals surface area contributed by atoms with Crippen molar-refractivity contribution < 1.29 is 39.0 Å². The number of aromatic amines is 1. The van der Waals surface area contributed by atoms with E-state index in [2.05, 4.69) is 31.6 Å². The second-order valence-corrected chi connectivity index (χ2v) is 15.6. The number of nitrogens with one attached hydrogen (secondary N) is 6. The number of rotatable bonds is 23.